The van der Waals surface area contributed by atoms with Gasteiger partial charge in [0.25, 0.3) is 0 Å². The maximum atomic E-state index is 13.2. The average Bonchev–Trinajstić information content (AvgIpc) is 3.76. The molecule has 2 N–H and O–H groups in total. The minimum Gasteiger partial charge on any atom is -0.497 e. The molecule has 4 aliphatic carbocycles. The second-order valence-corrected chi connectivity index (χ2v) is 15.6. The molecular formula is C37H48O10. The molecule has 0 spiro atoms. The van der Waals surface area contributed by atoms with Gasteiger partial charge in [0.1, 0.15) is 24.7 Å². The average molecular weight is 653 g/mol. The highest BCUT2D eigenvalue weighted by molar-refractivity contribution is 5.85. The van der Waals surface area contributed by atoms with Crippen molar-refractivity contribution in [3.63, 3.8) is 0 Å². The molecule has 256 valence electrons. The first-order chi connectivity index (χ1) is 22.5. The Kier molecular flexibility index (Phi) is 7.70. The number of aliphatic hydroxyl groups is 2. The van der Waals surface area contributed by atoms with Crippen molar-refractivity contribution in [2.45, 2.75) is 126 Å². The van der Waals surface area contributed by atoms with Crippen LogP contribution in [0.4, 0.5) is 0 Å². The molecule has 47 heavy (non-hydrogen) atoms. The molecule has 0 aromatic heterocycles. The molecule has 2 saturated heterocycles. The van der Waals surface area contributed by atoms with E-state index in [0.29, 0.717) is 51.6 Å². The van der Waals surface area contributed by atoms with Gasteiger partial charge in [0.2, 0.25) is 0 Å². The molecule has 13 atom stereocenters. The molecule has 8 rings (SSSR count). The fraction of sp³-hybridized carbons (Fsp3) is 0.730. The van der Waals surface area contributed by atoms with Crippen LogP contribution < -0.4 is 4.74 Å². The number of fused-ring (bicyclic) bond motifs is 6. The summed E-state index contributed by atoms with van der Waals surface area (Å²) in [6, 6.07) is 7.66. The van der Waals surface area contributed by atoms with E-state index in [4.69, 9.17) is 28.4 Å². The summed E-state index contributed by atoms with van der Waals surface area (Å²) >= 11 is 0. The van der Waals surface area contributed by atoms with E-state index in [1.54, 1.807) is 13.2 Å². The standard InChI is InChI=1S/C37H48O10/c1-21-32-29(46-33(47-32)22-4-6-24(42-3)7-5-22)17-31(44-21)45-25-8-13-35(20-38)27-9-12-34(2)26(23-16-30(39)43-19-23)11-15-37(34,41)28(27)10-14-36(35,40)18-25/h4-7,16,20-21,25-29,31-33,40-41H,8-15,17-19H2,1-3H3/t21?,25-,26+,27-,28+,29?,31?,32?,33?,34+,35-,36-,37-/m0/s1. The zero-order chi connectivity index (χ0) is 32.8. The predicted octanol–water partition coefficient (Wildman–Crippen LogP) is 4.55. The first-order valence-corrected chi connectivity index (χ1v) is 17.6. The van der Waals surface area contributed by atoms with E-state index in [-0.39, 0.29) is 48.1 Å². The maximum absolute atomic E-state index is 13.2. The summed E-state index contributed by atoms with van der Waals surface area (Å²) in [4.78, 5) is 25.1. The number of esters is 1. The van der Waals surface area contributed by atoms with Gasteiger partial charge >= 0.3 is 5.97 Å². The van der Waals surface area contributed by atoms with Crippen LogP contribution in [0.1, 0.15) is 89.9 Å². The van der Waals surface area contributed by atoms with E-state index in [2.05, 4.69) is 6.92 Å². The third-order valence-corrected chi connectivity index (χ3v) is 13.8. The molecule has 1 aromatic rings. The lowest BCUT2D eigenvalue weighted by Gasteiger charge is -2.65. The van der Waals surface area contributed by atoms with Gasteiger partial charge in [0.05, 0.1) is 42.0 Å². The van der Waals surface area contributed by atoms with Crippen molar-refractivity contribution in [1.82, 2.24) is 0 Å². The Balaban J connectivity index is 0.948. The Bertz CT molecular complexity index is 1430. The van der Waals surface area contributed by atoms with Crippen LogP contribution in [0.25, 0.3) is 0 Å². The van der Waals surface area contributed by atoms with Gasteiger partial charge in [-0.05, 0) is 93.7 Å². The largest absolute Gasteiger partial charge is 0.497 e. The fourth-order valence-electron chi connectivity index (χ4n) is 11.3. The highest BCUT2D eigenvalue weighted by atomic mass is 16.8. The van der Waals surface area contributed by atoms with E-state index >= 15 is 0 Å². The van der Waals surface area contributed by atoms with Gasteiger partial charge in [-0.15, -0.1) is 0 Å². The smallest absolute Gasteiger partial charge is 0.331 e. The molecule has 10 nitrogen and oxygen atoms in total. The van der Waals surface area contributed by atoms with Crippen molar-refractivity contribution in [3.05, 3.63) is 41.5 Å². The zero-order valence-corrected chi connectivity index (χ0v) is 27.6. The molecule has 0 radical (unpaired) electrons. The third-order valence-electron chi connectivity index (χ3n) is 13.8. The molecule has 7 aliphatic rings. The lowest BCUT2D eigenvalue weighted by atomic mass is 9.41. The summed E-state index contributed by atoms with van der Waals surface area (Å²) in [6.45, 7) is 4.44. The molecule has 6 fully saturated rings. The quantitative estimate of drug-likeness (QED) is 0.257. The number of carbonyl (C=O) groups excluding carboxylic acids is 2. The van der Waals surface area contributed by atoms with Gasteiger partial charge in [-0.1, -0.05) is 19.1 Å². The molecule has 10 heteroatoms. The lowest BCUT2D eigenvalue weighted by Crippen LogP contribution is -2.69. The number of hydrogen-bond acceptors (Lipinski definition) is 10. The Labute approximate surface area is 276 Å². The van der Waals surface area contributed by atoms with E-state index < -0.39 is 34.6 Å². The van der Waals surface area contributed by atoms with Gasteiger partial charge < -0.3 is 43.4 Å². The highest BCUT2D eigenvalue weighted by Crippen LogP contribution is 2.70. The third kappa shape index (κ3) is 4.72. The minimum atomic E-state index is -1.22. The number of carbonyl (C=O) groups is 2. The van der Waals surface area contributed by atoms with E-state index in [1.807, 2.05) is 31.2 Å². The number of ether oxygens (including phenoxy) is 6. The van der Waals surface area contributed by atoms with E-state index in [1.165, 1.54) is 0 Å². The summed E-state index contributed by atoms with van der Waals surface area (Å²) in [7, 11) is 1.64. The number of methoxy groups -OCH3 is 1. The molecule has 3 aliphatic heterocycles. The lowest BCUT2D eigenvalue weighted by molar-refractivity contribution is -0.278. The maximum Gasteiger partial charge on any atom is 0.331 e. The van der Waals surface area contributed by atoms with E-state index in [9.17, 15) is 19.8 Å². The van der Waals surface area contributed by atoms with Gasteiger partial charge in [-0.25, -0.2) is 4.79 Å². The van der Waals surface area contributed by atoms with Gasteiger partial charge in [-0.3, -0.25) is 0 Å². The molecule has 0 amide bonds. The Morgan fingerprint density at radius 2 is 1.74 bits per heavy atom. The summed E-state index contributed by atoms with van der Waals surface area (Å²) < 4.78 is 36.0. The first kappa shape index (κ1) is 31.9. The second kappa shape index (κ2) is 11.4. The molecule has 5 unspecified atom stereocenters. The van der Waals surface area contributed by atoms with Crippen molar-refractivity contribution < 1.29 is 48.2 Å². The van der Waals surface area contributed by atoms with Crippen LogP contribution in [-0.2, 0) is 33.3 Å². The fourth-order valence-corrected chi connectivity index (χ4v) is 11.3. The summed E-state index contributed by atoms with van der Waals surface area (Å²) in [5, 5.41) is 24.9. The Morgan fingerprint density at radius 1 is 0.957 bits per heavy atom. The predicted molar refractivity (Wildman–Crippen MR) is 167 cm³/mol. The topological polar surface area (TPSA) is 130 Å². The molecule has 4 saturated carbocycles. The van der Waals surface area contributed by atoms with Crippen molar-refractivity contribution in [1.29, 1.82) is 0 Å². The number of cyclic esters (lactones) is 1. The van der Waals surface area contributed by atoms with Crippen LogP contribution in [0, 0.1) is 28.6 Å². The molecule has 3 heterocycles. The van der Waals surface area contributed by atoms with Gasteiger partial charge in [-0.2, -0.15) is 0 Å². The SMILES string of the molecule is COc1ccc(C2OC3CC(O[C@H]4CC[C@]5(C=O)[C@H]6CC[C@]7(C)[C@@H](C8=CC(=O)OC8)CC[C@]7(O)[C@@H]6CC[C@]5(O)C4)OC(C)C3O2)cc1. The van der Waals surface area contributed by atoms with Gasteiger partial charge in [0.15, 0.2) is 12.6 Å². The van der Waals surface area contributed by atoms with Crippen molar-refractivity contribution in [2.24, 2.45) is 28.6 Å². The minimum absolute atomic E-state index is 0.0789. The summed E-state index contributed by atoms with van der Waals surface area (Å²) in [5.41, 5.74) is -1.62. The monoisotopic (exact) mass is 652 g/mol. The first-order valence-electron chi connectivity index (χ1n) is 17.6. The van der Waals surface area contributed by atoms with Crippen LogP contribution in [-0.4, -0.2) is 78.1 Å². The Hall–Kier alpha value is -2.34. The highest BCUT2D eigenvalue weighted by Gasteiger charge is 2.71. The zero-order valence-electron chi connectivity index (χ0n) is 27.6. The van der Waals surface area contributed by atoms with Gasteiger partial charge in [0, 0.05) is 29.9 Å². The van der Waals surface area contributed by atoms with E-state index in [0.717, 1.165) is 42.4 Å². The van der Waals surface area contributed by atoms with Crippen LogP contribution in [0.15, 0.2) is 35.9 Å². The Morgan fingerprint density at radius 3 is 2.47 bits per heavy atom. The van der Waals surface area contributed by atoms with Crippen molar-refractivity contribution >= 4 is 12.3 Å². The van der Waals surface area contributed by atoms with Crippen molar-refractivity contribution in [3.8, 4) is 5.75 Å². The number of hydrogen-bond donors (Lipinski definition) is 2. The molecule has 0 bridgehead atoms. The summed E-state index contributed by atoms with van der Waals surface area (Å²) in [5.74, 6) is 0.342. The number of rotatable bonds is 6. The molecular weight excluding hydrogens is 604 g/mol. The van der Waals surface area contributed by atoms with Crippen LogP contribution in [0.2, 0.25) is 0 Å². The van der Waals surface area contributed by atoms with Crippen LogP contribution in [0.3, 0.4) is 0 Å². The van der Waals surface area contributed by atoms with Crippen molar-refractivity contribution in [2.75, 3.05) is 13.7 Å². The molecule has 1 aromatic carbocycles. The number of aldehydes is 1. The number of benzene rings is 1. The summed E-state index contributed by atoms with van der Waals surface area (Å²) in [6.07, 6.45) is 6.74. The van der Waals surface area contributed by atoms with Crippen LogP contribution in [0.5, 0.6) is 5.75 Å². The normalized spacial score (nSPS) is 48.8. The van der Waals surface area contributed by atoms with Crippen LogP contribution >= 0.6 is 0 Å². The second-order valence-electron chi connectivity index (χ2n) is 15.6.